The van der Waals surface area contributed by atoms with E-state index in [1.165, 1.54) is 11.8 Å². The van der Waals surface area contributed by atoms with Gasteiger partial charge >= 0.3 is 5.97 Å². The van der Waals surface area contributed by atoms with Crippen LogP contribution in [0, 0.1) is 5.92 Å². The summed E-state index contributed by atoms with van der Waals surface area (Å²) in [7, 11) is 0. The highest BCUT2D eigenvalue weighted by atomic mass is 16.5. The first-order valence-electron chi connectivity index (χ1n) is 8.42. The van der Waals surface area contributed by atoms with E-state index in [9.17, 15) is 9.59 Å². The molecule has 0 spiro atoms. The SMILES string of the molecule is CCOC(=O)c1cnc2n(c1=O)CC[C@@H](C)[C@@H]2Cc1ccccc1. The summed E-state index contributed by atoms with van der Waals surface area (Å²) in [6.07, 6.45) is 3.12. The van der Waals surface area contributed by atoms with Crippen LogP contribution in [-0.4, -0.2) is 22.1 Å². The van der Waals surface area contributed by atoms with Gasteiger partial charge in [-0.3, -0.25) is 9.36 Å². The molecule has 1 aromatic heterocycles. The quantitative estimate of drug-likeness (QED) is 0.811. The summed E-state index contributed by atoms with van der Waals surface area (Å²) < 4.78 is 6.60. The minimum absolute atomic E-state index is 0.0219. The molecule has 0 amide bonds. The first-order valence-corrected chi connectivity index (χ1v) is 8.42. The number of benzene rings is 1. The standard InChI is InChI=1S/C19H22N2O3/c1-3-24-19(23)16-12-20-17-15(11-14-7-5-4-6-8-14)13(2)9-10-21(17)18(16)22/h4-8,12-13,15H,3,9-11H2,1-2H3/t13-,15+/m1/s1. The van der Waals surface area contributed by atoms with E-state index in [0.29, 0.717) is 12.5 Å². The van der Waals surface area contributed by atoms with Crippen molar-refractivity contribution >= 4 is 5.97 Å². The van der Waals surface area contributed by atoms with Gasteiger partial charge in [0.15, 0.2) is 0 Å². The maximum atomic E-state index is 12.7. The molecule has 5 heteroatoms. The van der Waals surface area contributed by atoms with Crippen molar-refractivity contribution in [2.24, 2.45) is 5.92 Å². The first kappa shape index (κ1) is 16.4. The van der Waals surface area contributed by atoms with Crippen LogP contribution in [0.5, 0.6) is 0 Å². The van der Waals surface area contributed by atoms with Gasteiger partial charge in [0.2, 0.25) is 0 Å². The van der Waals surface area contributed by atoms with Crippen LogP contribution in [0.2, 0.25) is 0 Å². The molecule has 1 aliphatic rings. The number of aromatic nitrogens is 2. The number of rotatable bonds is 4. The van der Waals surface area contributed by atoms with Crippen LogP contribution in [0.3, 0.4) is 0 Å². The molecule has 0 fully saturated rings. The maximum Gasteiger partial charge on any atom is 0.345 e. The highest BCUT2D eigenvalue weighted by molar-refractivity contribution is 5.88. The van der Waals surface area contributed by atoms with E-state index in [0.717, 1.165) is 18.7 Å². The Labute approximate surface area is 141 Å². The van der Waals surface area contributed by atoms with Gasteiger partial charge in [-0.25, -0.2) is 9.78 Å². The average Bonchev–Trinajstić information content (AvgIpc) is 2.59. The number of fused-ring (bicyclic) bond motifs is 1. The lowest BCUT2D eigenvalue weighted by molar-refractivity contribution is 0.0522. The molecule has 0 unspecified atom stereocenters. The molecular weight excluding hydrogens is 304 g/mol. The van der Waals surface area contributed by atoms with Gasteiger partial charge in [0.1, 0.15) is 11.4 Å². The Morgan fingerprint density at radius 1 is 1.33 bits per heavy atom. The molecule has 0 saturated heterocycles. The topological polar surface area (TPSA) is 61.2 Å². The minimum atomic E-state index is -0.594. The second-order valence-electron chi connectivity index (χ2n) is 6.27. The Morgan fingerprint density at radius 3 is 2.79 bits per heavy atom. The van der Waals surface area contributed by atoms with Crippen LogP contribution in [0.25, 0.3) is 0 Å². The van der Waals surface area contributed by atoms with E-state index >= 15 is 0 Å². The summed E-state index contributed by atoms with van der Waals surface area (Å²) in [5.74, 6) is 0.787. The normalized spacial score (nSPS) is 19.6. The molecular formula is C19H22N2O3. The predicted molar refractivity (Wildman–Crippen MR) is 91.1 cm³/mol. The molecule has 2 heterocycles. The zero-order chi connectivity index (χ0) is 17.1. The monoisotopic (exact) mass is 326 g/mol. The highest BCUT2D eigenvalue weighted by Crippen LogP contribution is 2.33. The number of hydrogen-bond donors (Lipinski definition) is 0. The van der Waals surface area contributed by atoms with Crippen LogP contribution in [0.15, 0.2) is 41.3 Å². The van der Waals surface area contributed by atoms with Crippen molar-refractivity contribution in [1.82, 2.24) is 9.55 Å². The molecule has 0 bridgehead atoms. The van der Waals surface area contributed by atoms with E-state index < -0.39 is 5.97 Å². The Kier molecular flexibility index (Phi) is 4.79. The van der Waals surface area contributed by atoms with E-state index in [2.05, 4.69) is 24.0 Å². The Bertz CT molecular complexity index is 783. The number of carbonyl (C=O) groups excluding carboxylic acids is 1. The van der Waals surface area contributed by atoms with Crippen molar-refractivity contribution in [2.45, 2.75) is 39.2 Å². The second-order valence-corrected chi connectivity index (χ2v) is 6.27. The second kappa shape index (κ2) is 6.99. The lowest BCUT2D eigenvalue weighted by Crippen LogP contribution is -2.37. The zero-order valence-electron chi connectivity index (χ0n) is 14.1. The number of carbonyl (C=O) groups is 1. The lowest BCUT2D eigenvalue weighted by atomic mass is 9.83. The van der Waals surface area contributed by atoms with Gasteiger partial charge in [0, 0.05) is 18.7 Å². The highest BCUT2D eigenvalue weighted by Gasteiger charge is 2.30. The summed E-state index contributed by atoms with van der Waals surface area (Å²) in [5.41, 5.74) is 0.962. The molecule has 126 valence electrons. The third-order valence-electron chi connectivity index (χ3n) is 4.70. The predicted octanol–water partition coefficient (Wildman–Crippen LogP) is 2.79. The summed E-state index contributed by atoms with van der Waals surface area (Å²) in [4.78, 5) is 29.0. The fourth-order valence-electron chi connectivity index (χ4n) is 3.31. The van der Waals surface area contributed by atoms with Crippen molar-refractivity contribution in [3.05, 3.63) is 63.8 Å². The Morgan fingerprint density at radius 2 is 2.08 bits per heavy atom. The molecule has 0 radical (unpaired) electrons. The van der Waals surface area contributed by atoms with Crippen LogP contribution in [0.1, 0.15) is 47.9 Å². The summed E-state index contributed by atoms with van der Waals surface area (Å²) in [6.45, 7) is 4.76. The zero-order valence-corrected chi connectivity index (χ0v) is 14.1. The van der Waals surface area contributed by atoms with Crippen LogP contribution >= 0.6 is 0 Å². The minimum Gasteiger partial charge on any atom is -0.462 e. The molecule has 1 aromatic carbocycles. The number of nitrogens with zero attached hydrogens (tertiary/aromatic N) is 2. The van der Waals surface area contributed by atoms with Crippen molar-refractivity contribution in [3.8, 4) is 0 Å². The smallest absolute Gasteiger partial charge is 0.345 e. The lowest BCUT2D eigenvalue weighted by Gasteiger charge is -2.31. The van der Waals surface area contributed by atoms with Gasteiger partial charge in [0.25, 0.3) is 5.56 Å². The Hall–Kier alpha value is -2.43. The number of esters is 1. The summed E-state index contributed by atoms with van der Waals surface area (Å²) >= 11 is 0. The molecule has 1 aliphatic heterocycles. The van der Waals surface area contributed by atoms with Gasteiger partial charge < -0.3 is 4.74 Å². The van der Waals surface area contributed by atoms with Gasteiger partial charge in [-0.1, -0.05) is 37.3 Å². The Balaban J connectivity index is 1.97. The van der Waals surface area contributed by atoms with Crippen molar-refractivity contribution in [1.29, 1.82) is 0 Å². The third kappa shape index (κ3) is 3.11. The van der Waals surface area contributed by atoms with Crippen LogP contribution < -0.4 is 5.56 Å². The van der Waals surface area contributed by atoms with Crippen molar-refractivity contribution in [2.75, 3.05) is 6.61 Å². The van der Waals surface area contributed by atoms with Crippen molar-refractivity contribution in [3.63, 3.8) is 0 Å². The van der Waals surface area contributed by atoms with E-state index in [4.69, 9.17) is 4.74 Å². The van der Waals surface area contributed by atoms with Gasteiger partial charge in [-0.2, -0.15) is 0 Å². The van der Waals surface area contributed by atoms with E-state index in [1.54, 1.807) is 11.5 Å². The van der Waals surface area contributed by atoms with Crippen molar-refractivity contribution < 1.29 is 9.53 Å². The fourth-order valence-corrected chi connectivity index (χ4v) is 3.31. The molecule has 0 aliphatic carbocycles. The van der Waals surface area contributed by atoms with Gasteiger partial charge in [-0.05, 0) is 31.2 Å². The third-order valence-corrected chi connectivity index (χ3v) is 4.70. The summed E-state index contributed by atoms with van der Waals surface area (Å²) in [5, 5.41) is 0. The molecule has 0 N–H and O–H groups in total. The largest absolute Gasteiger partial charge is 0.462 e. The van der Waals surface area contributed by atoms with Gasteiger partial charge in [-0.15, -0.1) is 0 Å². The number of ether oxygens (including phenoxy) is 1. The molecule has 5 nitrogen and oxygen atoms in total. The van der Waals surface area contributed by atoms with Gasteiger partial charge in [0.05, 0.1) is 6.61 Å². The molecule has 24 heavy (non-hydrogen) atoms. The average molecular weight is 326 g/mol. The molecule has 2 aromatic rings. The molecule has 2 atom stereocenters. The van der Waals surface area contributed by atoms with Crippen LogP contribution in [-0.2, 0) is 17.7 Å². The number of hydrogen-bond acceptors (Lipinski definition) is 4. The first-order chi connectivity index (χ1) is 11.6. The van der Waals surface area contributed by atoms with Crippen LogP contribution in [0.4, 0.5) is 0 Å². The molecule has 0 saturated carbocycles. The summed E-state index contributed by atoms with van der Waals surface area (Å²) in [6, 6.07) is 10.2. The van der Waals surface area contributed by atoms with E-state index in [-0.39, 0.29) is 23.6 Å². The van der Waals surface area contributed by atoms with E-state index in [1.807, 2.05) is 18.2 Å². The maximum absolute atomic E-state index is 12.7. The molecule has 3 rings (SSSR count). The fraction of sp³-hybridized carbons (Fsp3) is 0.421.